The van der Waals surface area contributed by atoms with Crippen molar-refractivity contribution >= 4 is 5.91 Å². The number of methoxy groups -OCH3 is 1. The lowest BCUT2D eigenvalue weighted by molar-refractivity contribution is -0.141. The van der Waals surface area contributed by atoms with Crippen LogP contribution in [0, 0.1) is 5.92 Å². The van der Waals surface area contributed by atoms with Crippen molar-refractivity contribution in [3.05, 3.63) is 35.2 Å². The van der Waals surface area contributed by atoms with E-state index in [-0.39, 0.29) is 24.1 Å². The number of amides is 1. The fraction of sp³-hybridized carbons (Fsp3) is 0.562. The Morgan fingerprint density at radius 2 is 2.27 bits per heavy atom. The number of carbonyl (C=O) groups is 1. The van der Waals surface area contributed by atoms with Crippen molar-refractivity contribution in [2.75, 3.05) is 20.7 Å². The third-order valence-electron chi connectivity index (χ3n) is 4.32. The van der Waals surface area contributed by atoms with Gasteiger partial charge in [0.1, 0.15) is 12.4 Å². The van der Waals surface area contributed by atoms with E-state index in [1.165, 1.54) is 22.6 Å². The molecule has 0 bridgehead atoms. The van der Waals surface area contributed by atoms with Crippen LogP contribution in [0.4, 0.5) is 13.2 Å². The number of hydrogen-bond acceptors (Lipinski definition) is 5. The van der Waals surface area contributed by atoms with Gasteiger partial charge in [-0.1, -0.05) is 5.16 Å². The number of nitrogens with zero attached hydrogens (tertiary/aromatic N) is 4. The summed E-state index contributed by atoms with van der Waals surface area (Å²) in [4.78, 5) is 17.6. The molecule has 0 aliphatic carbocycles. The number of imidazole rings is 1. The minimum Gasteiger partial charge on any atom is -0.377 e. The Morgan fingerprint density at radius 3 is 2.96 bits per heavy atom. The van der Waals surface area contributed by atoms with Crippen molar-refractivity contribution in [3.8, 4) is 0 Å². The molecule has 1 aliphatic rings. The Morgan fingerprint density at radius 1 is 1.50 bits per heavy atom. The van der Waals surface area contributed by atoms with Crippen LogP contribution < -0.4 is 0 Å². The van der Waals surface area contributed by atoms with Gasteiger partial charge >= 0.3 is 6.18 Å². The SMILES string of the molecule is COCc1cc(C(=O)N(C)C[C@@H]2CCc3nc(C(F)(F)F)cn3C2)no1. The van der Waals surface area contributed by atoms with Crippen LogP contribution >= 0.6 is 0 Å². The highest BCUT2D eigenvalue weighted by atomic mass is 19.4. The van der Waals surface area contributed by atoms with Crippen molar-refractivity contribution in [1.29, 1.82) is 0 Å². The molecule has 0 N–H and O–H groups in total. The molecule has 1 aliphatic heterocycles. The minimum atomic E-state index is -4.44. The summed E-state index contributed by atoms with van der Waals surface area (Å²) in [5, 5.41) is 3.73. The van der Waals surface area contributed by atoms with E-state index in [1.54, 1.807) is 7.05 Å². The summed E-state index contributed by atoms with van der Waals surface area (Å²) in [5.74, 6) is 0.619. The molecule has 0 unspecified atom stereocenters. The van der Waals surface area contributed by atoms with E-state index < -0.39 is 11.9 Å². The molecule has 0 spiro atoms. The maximum Gasteiger partial charge on any atom is 0.434 e. The number of alkyl halides is 3. The van der Waals surface area contributed by atoms with Crippen molar-refractivity contribution in [2.24, 2.45) is 5.92 Å². The largest absolute Gasteiger partial charge is 0.434 e. The number of fused-ring (bicyclic) bond motifs is 1. The highest BCUT2D eigenvalue weighted by Crippen LogP contribution is 2.30. The molecule has 3 rings (SSSR count). The first-order chi connectivity index (χ1) is 12.3. The predicted molar refractivity (Wildman–Crippen MR) is 83.2 cm³/mol. The van der Waals surface area contributed by atoms with Crippen LogP contribution in [0.5, 0.6) is 0 Å². The summed E-state index contributed by atoms with van der Waals surface area (Å²) in [6.07, 6.45) is -2.29. The first-order valence-electron chi connectivity index (χ1n) is 8.11. The number of halogens is 3. The molecule has 0 aromatic carbocycles. The van der Waals surface area contributed by atoms with Gasteiger partial charge in [-0.05, 0) is 12.3 Å². The second-order valence-corrected chi connectivity index (χ2v) is 6.39. The molecular formula is C16H19F3N4O3. The zero-order valence-corrected chi connectivity index (χ0v) is 14.4. The number of aryl methyl sites for hydroxylation is 1. The third kappa shape index (κ3) is 3.90. The van der Waals surface area contributed by atoms with Crippen molar-refractivity contribution in [1.82, 2.24) is 19.6 Å². The lowest BCUT2D eigenvalue weighted by atomic mass is 9.99. The molecule has 2 aromatic rings. The number of rotatable bonds is 5. The van der Waals surface area contributed by atoms with Crippen LogP contribution in [-0.4, -0.2) is 46.2 Å². The van der Waals surface area contributed by atoms with Crippen LogP contribution in [0.15, 0.2) is 16.8 Å². The first-order valence-corrected chi connectivity index (χ1v) is 8.11. The number of carbonyl (C=O) groups excluding carboxylic acids is 1. The first kappa shape index (κ1) is 18.4. The van der Waals surface area contributed by atoms with Crippen LogP contribution in [0.3, 0.4) is 0 Å². The van der Waals surface area contributed by atoms with E-state index >= 15 is 0 Å². The molecule has 1 atom stereocenters. The second kappa shape index (κ2) is 7.10. The maximum absolute atomic E-state index is 12.8. The Labute approximate surface area is 147 Å². The highest BCUT2D eigenvalue weighted by Gasteiger charge is 2.36. The Bertz CT molecular complexity index is 784. The van der Waals surface area contributed by atoms with Gasteiger partial charge in [0, 0.05) is 45.9 Å². The minimum absolute atomic E-state index is 0.0390. The molecule has 10 heteroatoms. The fourth-order valence-corrected chi connectivity index (χ4v) is 3.09. The maximum atomic E-state index is 12.8. The van der Waals surface area contributed by atoms with E-state index in [2.05, 4.69) is 10.1 Å². The molecule has 7 nitrogen and oxygen atoms in total. The highest BCUT2D eigenvalue weighted by molar-refractivity contribution is 5.92. The van der Waals surface area contributed by atoms with Crippen molar-refractivity contribution < 1.29 is 27.2 Å². The molecule has 3 heterocycles. The third-order valence-corrected chi connectivity index (χ3v) is 4.32. The van der Waals surface area contributed by atoms with Crippen LogP contribution in [0.25, 0.3) is 0 Å². The molecule has 0 fully saturated rings. The topological polar surface area (TPSA) is 73.4 Å². The summed E-state index contributed by atoms with van der Waals surface area (Å²) in [6.45, 7) is 1.02. The summed E-state index contributed by atoms with van der Waals surface area (Å²) in [5.41, 5.74) is -0.691. The Hall–Kier alpha value is -2.36. The number of aromatic nitrogens is 3. The van der Waals surface area contributed by atoms with E-state index in [9.17, 15) is 18.0 Å². The zero-order valence-electron chi connectivity index (χ0n) is 14.4. The Balaban J connectivity index is 1.62. The summed E-state index contributed by atoms with van der Waals surface area (Å²) in [6, 6.07) is 1.52. The van der Waals surface area contributed by atoms with Gasteiger partial charge in [0.25, 0.3) is 5.91 Å². The van der Waals surface area contributed by atoms with Gasteiger partial charge in [0.15, 0.2) is 17.1 Å². The van der Waals surface area contributed by atoms with Gasteiger partial charge < -0.3 is 18.7 Å². The van der Waals surface area contributed by atoms with E-state index in [1.807, 2.05) is 0 Å². The van der Waals surface area contributed by atoms with Gasteiger partial charge in [-0.25, -0.2) is 4.98 Å². The number of ether oxygens (including phenoxy) is 1. The van der Waals surface area contributed by atoms with Crippen LogP contribution in [0.2, 0.25) is 0 Å². The van der Waals surface area contributed by atoms with Gasteiger partial charge in [0.2, 0.25) is 0 Å². The van der Waals surface area contributed by atoms with E-state index in [4.69, 9.17) is 9.26 Å². The molecular weight excluding hydrogens is 353 g/mol. The van der Waals surface area contributed by atoms with Crippen LogP contribution in [0.1, 0.15) is 34.2 Å². The normalized spacial score (nSPS) is 17.2. The van der Waals surface area contributed by atoms with Gasteiger partial charge in [-0.3, -0.25) is 4.79 Å². The summed E-state index contributed by atoms with van der Waals surface area (Å²) in [7, 11) is 3.14. The van der Waals surface area contributed by atoms with Gasteiger partial charge in [-0.15, -0.1) is 0 Å². The summed E-state index contributed by atoms with van der Waals surface area (Å²) >= 11 is 0. The molecule has 0 radical (unpaired) electrons. The van der Waals surface area contributed by atoms with Gasteiger partial charge in [0.05, 0.1) is 0 Å². The molecule has 1 amide bonds. The second-order valence-electron chi connectivity index (χ2n) is 6.39. The Kier molecular flexibility index (Phi) is 5.03. The average Bonchev–Trinajstić information content (AvgIpc) is 3.20. The average molecular weight is 372 g/mol. The number of hydrogen-bond donors (Lipinski definition) is 0. The smallest absolute Gasteiger partial charge is 0.377 e. The fourth-order valence-electron chi connectivity index (χ4n) is 3.09. The lowest BCUT2D eigenvalue weighted by Crippen LogP contribution is -2.35. The molecule has 2 aromatic heterocycles. The van der Waals surface area contributed by atoms with E-state index in [0.29, 0.717) is 37.5 Å². The predicted octanol–water partition coefficient (Wildman–Crippen LogP) is 2.37. The summed E-state index contributed by atoms with van der Waals surface area (Å²) < 4.78 is 49.8. The van der Waals surface area contributed by atoms with Crippen molar-refractivity contribution in [3.63, 3.8) is 0 Å². The zero-order chi connectivity index (χ0) is 18.9. The monoisotopic (exact) mass is 372 g/mol. The lowest BCUT2D eigenvalue weighted by Gasteiger charge is -2.27. The van der Waals surface area contributed by atoms with Crippen molar-refractivity contribution in [2.45, 2.75) is 32.2 Å². The van der Waals surface area contributed by atoms with Gasteiger partial charge in [-0.2, -0.15) is 13.2 Å². The van der Waals surface area contributed by atoms with Crippen LogP contribution in [-0.2, 0) is 30.5 Å². The molecule has 26 heavy (non-hydrogen) atoms. The molecule has 142 valence electrons. The molecule has 0 saturated heterocycles. The standard InChI is InChI=1S/C16H19F3N4O3/c1-22(15(24)12-5-11(9-25-2)26-21-12)6-10-3-4-14-20-13(16(17,18)19)8-23(14)7-10/h5,8,10H,3-4,6-7,9H2,1-2H3/t10-/m0/s1. The molecule has 0 saturated carbocycles. The van der Waals surface area contributed by atoms with E-state index in [0.717, 1.165) is 6.20 Å². The quantitative estimate of drug-likeness (QED) is 0.806.